The van der Waals surface area contributed by atoms with Crippen molar-refractivity contribution >= 4 is 29.4 Å². The molecule has 0 amide bonds. The summed E-state index contributed by atoms with van der Waals surface area (Å²) in [5.41, 5.74) is 6.19. The van der Waals surface area contributed by atoms with Gasteiger partial charge in [-0.25, -0.2) is 10.4 Å². The van der Waals surface area contributed by atoms with E-state index < -0.39 is 0 Å². The van der Waals surface area contributed by atoms with Gasteiger partial charge in [0, 0.05) is 24.8 Å². The molecule has 0 unspecified atom stereocenters. The number of morpholine rings is 1. The summed E-state index contributed by atoms with van der Waals surface area (Å²) < 4.78 is 5.41. The van der Waals surface area contributed by atoms with Gasteiger partial charge in [0.05, 0.1) is 43.6 Å². The molecule has 4 rings (SSSR count). The number of benzene rings is 1. The molecule has 3 N–H and O–H groups in total. The van der Waals surface area contributed by atoms with Gasteiger partial charge in [-0.3, -0.25) is 4.98 Å². The van der Waals surface area contributed by atoms with Crippen LogP contribution in [0.25, 0.3) is 0 Å². The van der Waals surface area contributed by atoms with Crippen LogP contribution in [0.5, 0.6) is 5.75 Å². The third-order valence-electron chi connectivity index (χ3n) is 5.21. The molecule has 33 heavy (non-hydrogen) atoms. The van der Waals surface area contributed by atoms with Crippen LogP contribution >= 0.6 is 0 Å². The van der Waals surface area contributed by atoms with E-state index in [-0.39, 0.29) is 0 Å². The predicted octanol–water partition coefficient (Wildman–Crippen LogP) is 3.06. The molecule has 172 valence electrons. The fourth-order valence-corrected chi connectivity index (χ4v) is 3.51. The molecule has 1 aromatic heterocycles. The zero-order valence-electron chi connectivity index (χ0n) is 18.7. The standard InChI is InChI=1S/C24H29N7O2/c1-2-4-18-6-7-19(15-22(18)32)28-21-9-8-20(26-16-21)17-27-30-24-25-10-3-5-23(29-24)31-11-13-33-14-12-31/h3,5-9,15-17,28,32H,2,4,10-14H2,1H3,(H,25,30)/b27-17+. The lowest BCUT2D eigenvalue weighted by atomic mass is 10.1. The highest BCUT2D eigenvalue weighted by Crippen LogP contribution is 2.25. The van der Waals surface area contributed by atoms with E-state index in [1.807, 2.05) is 36.4 Å². The molecule has 0 spiro atoms. The largest absolute Gasteiger partial charge is 0.508 e. The molecule has 9 heteroatoms. The average molecular weight is 448 g/mol. The Labute approximate surface area is 193 Å². The van der Waals surface area contributed by atoms with Crippen LogP contribution in [-0.2, 0) is 11.2 Å². The summed E-state index contributed by atoms with van der Waals surface area (Å²) in [5.74, 6) is 1.63. The maximum Gasteiger partial charge on any atom is 0.241 e. The van der Waals surface area contributed by atoms with Gasteiger partial charge >= 0.3 is 0 Å². The Morgan fingerprint density at radius 1 is 1.18 bits per heavy atom. The lowest BCUT2D eigenvalue weighted by molar-refractivity contribution is 0.0685. The summed E-state index contributed by atoms with van der Waals surface area (Å²) in [6.07, 6.45) is 9.17. The highest BCUT2D eigenvalue weighted by atomic mass is 16.5. The van der Waals surface area contributed by atoms with E-state index in [4.69, 9.17) is 4.74 Å². The lowest BCUT2D eigenvalue weighted by Crippen LogP contribution is -2.40. The van der Waals surface area contributed by atoms with Gasteiger partial charge in [-0.2, -0.15) is 10.1 Å². The number of aliphatic imine (C=N–C) groups is 2. The van der Waals surface area contributed by atoms with Gasteiger partial charge < -0.3 is 20.1 Å². The number of anilines is 2. The van der Waals surface area contributed by atoms with E-state index in [0.717, 1.165) is 48.7 Å². The fraction of sp³-hybridized carbons (Fsp3) is 0.333. The molecule has 1 aromatic carbocycles. The zero-order valence-corrected chi connectivity index (χ0v) is 18.7. The number of amidine groups is 1. The van der Waals surface area contributed by atoms with Crippen molar-refractivity contribution in [2.75, 3.05) is 38.2 Å². The number of nitrogens with zero attached hydrogens (tertiary/aromatic N) is 5. The minimum Gasteiger partial charge on any atom is -0.508 e. The van der Waals surface area contributed by atoms with Gasteiger partial charge in [-0.15, -0.1) is 0 Å². The number of hydrogen-bond donors (Lipinski definition) is 3. The fourth-order valence-electron chi connectivity index (χ4n) is 3.51. The van der Waals surface area contributed by atoms with E-state index in [9.17, 15) is 5.11 Å². The zero-order chi connectivity index (χ0) is 22.9. The molecule has 0 saturated carbocycles. The molecular formula is C24H29N7O2. The first-order valence-corrected chi connectivity index (χ1v) is 11.2. The minimum absolute atomic E-state index is 0.306. The summed E-state index contributed by atoms with van der Waals surface area (Å²) in [6.45, 7) is 5.66. The topological polar surface area (TPSA) is 107 Å². The van der Waals surface area contributed by atoms with E-state index in [1.165, 1.54) is 0 Å². The Bertz CT molecular complexity index is 1050. The van der Waals surface area contributed by atoms with Gasteiger partial charge in [0.25, 0.3) is 0 Å². The van der Waals surface area contributed by atoms with Crippen molar-refractivity contribution in [2.24, 2.45) is 15.1 Å². The summed E-state index contributed by atoms with van der Waals surface area (Å²) in [4.78, 5) is 15.6. The summed E-state index contributed by atoms with van der Waals surface area (Å²) >= 11 is 0. The van der Waals surface area contributed by atoms with Gasteiger partial charge in [-0.05, 0) is 36.3 Å². The molecule has 2 aromatic rings. The Hall–Kier alpha value is -3.72. The van der Waals surface area contributed by atoms with Crippen LogP contribution in [0.3, 0.4) is 0 Å². The lowest BCUT2D eigenvalue weighted by Gasteiger charge is -2.28. The molecular weight excluding hydrogens is 418 g/mol. The predicted molar refractivity (Wildman–Crippen MR) is 132 cm³/mol. The minimum atomic E-state index is 0.306. The number of aromatic nitrogens is 1. The molecule has 0 radical (unpaired) electrons. The third kappa shape index (κ3) is 6.39. The number of rotatable bonds is 6. The number of guanidine groups is 1. The number of pyridine rings is 1. The van der Waals surface area contributed by atoms with Crippen LogP contribution in [0.4, 0.5) is 11.4 Å². The van der Waals surface area contributed by atoms with E-state index >= 15 is 0 Å². The Morgan fingerprint density at radius 3 is 2.79 bits per heavy atom. The van der Waals surface area contributed by atoms with Crippen LogP contribution in [-0.4, -0.2) is 65.8 Å². The second-order valence-electron chi connectivity index (χ2n) is 7.70. The van der Waals surface area contributed by atoms with Gasteiger partial charge in [0.1, 0.15) is 11.6 Å². The summed E-state index contributed by atoms with van der Waals surface area (Å²) in [7, 11) is 0. The van der Waals surface area contributed by atoms with Crippen molar-refractivity contribution in [1.29, 1.82) is 0 Å². The maximum atomic E-state index is 10.1. The van der Waals surface area contributed by atoms with E-state index in [2.05, 4.69) is 42.6 Å². The third-order valence-corrected chi connectivity index (χ3v) is 5.21. The highest BCUT2D eigenvalue weighted by Gasteiger charge is 2.14. The molecule has 3 heterocycles. The normalized spacial score (nSPS) is 16.3. The van der Waals surface area contributed by atoms with Crippen molar-refractivity contribution in [2.45, 2.75) is 19.8 Å². The summed E-state index contributed by atoms with van der Waals surface area (Å²) in [6, 6.07) is 9.40. The van der Waals surface area contributed by atoms with Crippen molar-refractivity contribution in [3.05, 3.63) is 59.9 Å². The van der Waals surface area contributed by atoms with Crippen molar-refractivity contribution in [3.63, 3.8) is 0 Å². The quantitative estimate of drug-likeness (QED) is 0.464. The Balaban J connectivity index is 1.33. The van der Waals surface area contributed by atoms with Gasteiger partial charge in [-0.1, -0.05) is 25.5 Å². The van der Waals surface area contributed by atoms with Gasteiger partial charge in [0.2, 0.25) is 5.96 Å². The Kier molecular flexibility index (Phi) is 7.65. The second-order valence-corrected chi connectivity index (χ2v) is 7.70. The molecule has 0 atom stereocenters. The maximum absolute atomic E-state index is 10.1. The number of phenols is 1. The van der Waals surface area contributed by atoms with E-state index in [1.54, 1.807) is 18.5 Å². The molecule has 9 nitrogen and oxygen atoms in total. The number of hydrazone groups is 1. The first-order chi connectivity index (χ1) is 16.2. The molecule has 1 fully saturated rings. The molecule has 1 saturated heterocycles. The number of phenolic OH excluding ortho intramolecular Hbond substituents is 1. The summed E-state index contributed by atoms with van der Waals surface area (Å²) in [5, 5.41) is 17.6. The first-order valence-electron chi connectivity index (χ1n) is 11.2. The van der Waals surface area contributed by atoms with Crippen LogP contribution in [0.2, 0.25) is 0 Å². The van der Waals surface area contributed by atoms with E-state index in [0.29, 0.717) is 37.2 Å². The van der Waals surface area contributed by atoms with Crippen LogP contribution < -0.4 is 10.7 Å². The molecule has 0 aliphatic carbocycles. The van der Waals surface area contributed by atoms with Crippen molar-refractivity contribution < 1.29 is 9.84 Å². The smallest absolute Gasteiger partial charge is 0.241 e. The molecule has 2 aliphatic rings. The van der Waals surface area contributed by atoms with Crippen molar-refractivity contribution in [1.82, 2.24) is 15.3 Å². The van der Waals surface area contributed by atoms with Gasteiger partial charge in [0.15, 0.2) is 0 Å². The molecule has 0 bridgehead atoms. The second kappa shape index (κ2) is 11.2. The monoisotopic (exact) mass is 447 g/mol. The molecule has 2 aliphatic heterocycles. The van der Waals surface area contributed by atoms with Crippen LogP contribution in [0.15, 0.2) is 63.8 Å². The van der Waals surface area contributed by atoms with Crippen LogP contribution in [0, 0.1) is 0 Å². The Morgan fingerprint density at radius 2 is 2.03 bits per heavy atom. The average Bonchev–Trinajstić information content (AvgIpc) is 3.08. The number of aryl methyl sites for hydroxylation is 1. The number of hydrogen-bond acceptors (Lipinski definition) is 9. The highest BCUT2D eigenvalue weighted by molar-refractivity contribution is 6.02. The first kappa shape index (κ1) is 22.5. The number of ether oxygens (including phenoxy) is 1. The SMILES string of the molecule is CCCc1ccc(Nc2ccc(/C=N/NC3=NCC=CC(N4CCOCC4)=N3)nc2)cc1O. The van der Waals surface area contributed by atoms with Crippen LogP contribution in [0.1, 0.15) is 24.6 Å². The van der Waals surface area contributed by atoms with Crippen molar-refractivity contribution in [3.8, 4) is 5.75 Å². The number of aromatic hydroxyl groups is 1. The number of nitrogens with one attached hydrogen (secondary N) is 2.